The molecule has 0 radical (unpaired) electrons. The molecule has 1 atom stereocenters. The molecule has 37 heavy (non-hydrogen) atoms. The van der Waals surface area contributed by atoms with Gasteiger partial charge in [-0.15, -0.1) is 0 Å². The lowest BCUT2D eigenvalue weighted by molar-refractivity contribution is -0.129. The van der Waals surface area contributed by atoms with Crippen LogP contribution in [-0.2, 0) is 31.2 Å². The molecule has 13 heteroatoms. The van der Waals surface area contributed by atoms with Crippen LogP contribution in [0.4, 0.5) is 20.2 Å². The quantitative estimate of drug-likeness (QED) is 0.515. The van der Waals surface area contributed by atoms with Gasteiger partial charge in [0.05, 0.1) is 34.0 Å². The van der Waals surface area contributed by atoms with E-state index in [1.807, 2.05) is 0 Å². The molecule has 0 aromatic heterocycles. The van der Waals surface area contributed by atoms with Gasteiger partial charge in [-0.05, 0) is 29.7 Å². The van der Waals surface area contributed by atoms with Gasteiger partial charge in [-0.25, -0.2) is 25.6 Å². The molecular weight excluding hydrogens is 528 g/mol. The molecule has 2 aromatic rings. The highest BCUT2D eigenvalue weighted by molar-refractivity contribution is 7.94. The molecule has 9 nitrogen and oxygen atoms in total. The average Bonchev–Trinajstić information content (AvgIpc) is 2.98. The van der Waals surface area contributed by atoms with Crippen LogP contribution in [0.25, 0.3) is 0 Å². The summed E-state index contributed by atoms with van der Waals surface area (Å²) < 4.78 is 79.3. The number of nitrogens with zero attached hydrogens (tertiary/aromatic N) is 1. The van der Waals surface area contributed by atoms with Gasteiger partial charge in [0.2, 0.25) is 19.9 Å². The molecule has 1 amide bonds. The fourth-order valence-electron chi connectivity index (χ4n) is 4.44. The van der Waals surface area contributed by atoms with Crippen LogP contribution in [0.1, 0.15) is 26.3 Å². The molecule has 0 spiro atoms. The van der Waals surface area contributed by atoms with Gasteiger partial charge in [-0.1, -0.05) is 26.8 Å². The van der Waals surface area contributed by atoms with Gasteiger partial charge in [-0.2, -0.15) is 0 Å². The van der Waals surface area contributed by atoms with Gasteiger partial charge in [-0.3, -0.25) is 9.52 Å². The van der Waals surface area contributed by atoms with Gasteiger partial charge in [0.1, 0.15) is 23.0 Å². The Bertz CT molecular complexity index is 1590. The van der Waals surface area contributed by atoms with Crippen LogP contribution in [0.3, 0.4) is 0 Å². The minimum atomic E-state index is -4.17. The summed E-state index contributed by atoms with van der Waals surface area (Å²) in [6.45, 7) is 4.97. The van der Waals surface area contributed by atoms with Gasteiger partial charge in [0.15, 0.2) is 0 Å². The van der Waals surface area contributed by atoms with Crippen molar-refractivity contribution in [2.75, 3.05) is 16.3 Å². The summed E-state index contributed by atoms with van der Waals surface area (Å²) in [4.78, 5) is 14.5. The summed E-state index contributed by atoms with van der Waals surface area (Å²) in [5, 5.41) is 14.8. The van der Waals surface area contributed by atoms with E-state index in [4.69, 9.17) is 0 Å². The molecule has 0 bridgehead atoms. The van der Waals surface area contributed by atoms with E-state index in [-0.39, 0.29) is 39.6 Å². The minimum absolute atomic E-state index is 0.0208. The van der Waals surface area contributed by atoms with Crippen molar-refractivity contribution in [3.63, 3.8) is 0 Å². The third kappa shape index (κ3) is 5.18. The predicted molar refractivity (Wildman–Crippen MR) is 134 cm³/mol. The first kappa shape index (κ1) is 26.6. The van der Waals surface area contributed by atoms with Crippen molar-refractivity contribution in [3.05, 3.63) is 76.0 Å². The molecule has 4 rings (SSSR count). The molecule has 0 saturated heterocycles. The Kier molecular flexibility index (Phi) is 6.36. The smallest absolute Gasteiger partial charge is 0.260 e. The number of rotatable bonds is 5. The maximum atomic E-state index is 14.4. The average molecular weight is 554 g/mol. The molecular formula is C24H25F2N3O6S2. The van der Waals surface area contributed by atoms with Crippen molar-refractivity contribution in [2.24, 2.45) is 5.41 Å². The number of sulfone groups is 1. The summed E-state index contributed by atoms with van der Waals surface area (Å²) >= 11 is 0. The van der Waals surface area contributed by atoms with Crippen LogP contribution in [0.15, 0.2) is 63.7 Å². The van der Waals surface area contributed by atoms with E-state index in [0.717, 1.165) is 23.8 Å². The Labute approximate surface area is 213 Å². The Hall–Kier alpha value is -3.45. The topological polar surface area (TPSA) is 133 Å². The number of aliphatic hydroxyl groups excluding tert-OH is 1. The number of carbonyl (C=O) groups is 1. The standard InChI is InChI=1S/C24H25F2N3O6S2/c1-24(2,3)22-21(30)20(23(31)29(22)11-13-5-6-14(25)9-16(13)26)18-12-37(34,35)19-10-15(28-36(4,32)33)7-8-17(19)27-18/h5-10,12,22,27-28,30H,11H2,1-4H3/t22-/m1/s1. The SMILES string of the molecule is CC(C)(C)[C@H]1C(O)=C(C2=CS(=O)(=O)c3cc(NS(C)(=O)=O)ccc3N2)C(=O)N1Cc1ccc(F)cc1F. The summed E-state index contributed by atoms with van der Waals surface area (Å²) in [7, 11) is -7.83. The van der Waals surface area contributed by atoms with Gasteiger partial charge in [0, 0.05) is 23.9 Å². The fraction of sp³-hybridized carbons (Fsp3) is 0.292. The minimum Gasteiger partial charge on any atom is -0.509 e. The second-order valence-corrected chi connectivity index (χ2v) is 13.5. The van der Waals surface area contributed by atoms with Crippen molar-refractivity contribution in [3.8, 4) is 0 Å². The van der Waals surface area contributed by atoms with E-state index in [2.05, 4.69) is 10.0 Å². The number of benzene rings is 2. The summed E-state index contributed by atoms with van der Waals surface area (Å²) in [5.74, 6) is -2.78. The molecule has 2 aromatic carbocycles. The van der Waals surface area contributed by atoms with Gasteiger partial charge in [0.25, 0.3) is 5.91 Å². The fourth-order valence-corrected chi connectivity index (χ4v) is 6.32. The van der Waals surface area contributed by atoms with Crippen LogP contribution < -0.4 is 10.0 Å². The van der Waals surface area contributed by atoms with E-state index in [1.165, 1.54) is 23.1 Å². The number of aliphatic hydroxyl groups is 1. The Morgan fingerprint density at radius 3 is 2.41 bits per heavy atom. The second-order valence-electron chi connectivity index (χ2n) is 9.98. The number of sulfonamides is 1. The zero-order valence-electron chi connectivity index (χ0n) is 20.3. The lowest BCUT2D eigenvalue weighted by Crippen LogP contribution is -2.43. The molecule has 3 N–H and O–H groups in total. The Morgan fingerprint density at radius 1 is 1.14 bits per heavy atom. The molecule has 198 valence electrons. The maximum Gasteiger partial charge on any atom is 0.260 e. The molecule has 0 aliphatic carbocycles. The third-order valence-electron chi connectivity index (χ3n) is 5.88. The van der Waals surface area contributed by atoms with Gasteiger partial charge >= 0.3 is 0 Å². The molecule has 2 aliphatic heterocycles. The Morgan fingerprint density at radius 2 is 1.81 bits per heavy atom. The van der Waals surface area contributed by atoms with E-state index >= 15 is 0 Å². The van der Waals surface area contributed by atoms with E-state index < -0.39 is 54.6 Å². The number of hydrogen-bond donors (Lipinski definition) is 3. The van der Waals surface area contributed by atoms with Gasteiger partial charge < -0.3 is 15.3 Å². The monoisotopic (exact) mass is 553 g/mol. The zero-order chi connectivity index (χ0) is 27.5. The molecule has 0 fully saturated rings. The molecule has 2 aliphatic rings. The number of nitrogens with one attached hydrogen (secondary N) is 2. The van der Waals surface area contributed by atoms with E-state index in [0.29, 0.717) is 6.07 Å². The summed E-state index contributed by atoms with van der Waals surface area (Å²) in [5.41, 5.74) is -1.10. The number of hydrogen-bond acceptors (Lipinski definition) is 7. The maximum absolute atomic E-state index is 14.4. The highest BCUT2D eigenvalue weighted by Gasteiger charge is 2.47. The number of carbonyl (C=O) groups excluding carboxylic acids is 1. The Balaban J connectivity index is 1.76. The second kappa shape index (κ2) is 8.84. The largest absolute Gasteiger partial charge is 0.509 e. The van der Waals surface area contributed by atoms with Crippen molar-refractivity contribution in [2.45, 2.75) is 38.3 Å². The van der Waals surface area contributed by atoms with E-state index in [9.17, 15) is 35.5 Å². The van der Waals surface area contributed by atoms with Crippen LogP contribution in [-0.4, -0.2) is 45.0 Å². The molecule has 2 heterocycles. The normalized spacial score (nSPS) is 19.4. The lowest BCUT2D eigenvalue weighted by atomic mass is 9.85. The van der Waals surface area contributed by atoms with Crippen LogP contribution >= 0.6 is 0 Å². The van der Waals surface area contributed by atoms with Crippen molar-refractivity contribution >= 4 is 37.1 Å². The zero-order valence-corrected chi connectivity index (χ0v) is 22.0. The number of fused-ring (bicyclic) bond motifs is 1. The molecule has 0 unspecified atom stereocenters. The van der Waals surface area contributed by atoms with E-state index in [1.54, 1.807) is 20.8 Å². The summed E-state index contributed by atoms with van der Waals surface area (Å²) in [6.07, 6.45) is 0.924. The predicted octanol–water partition coefficient (Wildman–Crippen LogP) is 3.65. The van der Waals surface area contributed by atoms with Crippen molar-refractivity contribution in [1.82, 2.24) is 4.90 Å². The highest BCUT2D eigenvalue weighted by atomic mass is 32.2. The third-order valence-corrected chi connectivity index (χ3v) is 7.98. The van der Waals surface area contributed by atoms with Crippen molar-refractivity contribution in [1.29, 1.82) is 0 Å². The first-order valence-corrected chi connectivity index (χ1v) is 14.5. The number of amides is 1. The highest BCUT2D eigenvalue weighted by Crippen LogP contribution is 2.42. The molecule has 0 saturated carbocycles. The number of anilines is 2. The van der Waals surface area contributed by atoms with Crippen molar-refractivity contribution < 1.29 is 35.5 Å². The van der Waals surface area contributed by atoms with Crippen LogP contribution in [0.5, 0.6) is 0 Å². The summed E-state index contributed by atoms with van der Waals surface area (Å²) in [6, 6.07) is 5.83. The van der Waals surface area contributed by atoms with Crippen LogP contribution in [0.2, 0.25) is 0 Å². The first-order valence-electron chi connectivity index (χ1n) is 11.0. The number of halogens is 2. The van der Waals surface area contributed by atoms with Crippen LogP contribution in [0, 0.1) is 17.0 Å². The lowest BCUT2D eigenvalue weighted by Gasteiger charge is -2.35. The first-order chi connectivity index (χ1) is 17.0.